The molecule has 2 rings (SSSR count). The Hall–Kier alpha value is -4.38. The van der Waals surface area contributed by atoms with E-state index in [0.717, 1.165) is 18.9 Å². The van der Waals surface area contributed by atoms with Gasteiger partial charge in [0.25, 0.3) is 5.56 Å². The first-order valence-electron chi connectivity index (χ1n) is 11.7. The van der Waals surface area contributed by atoms with Crippen molar-refractivity contribution in [1.29, 1.82) is 0 Å². The maximum absolute atomic E-state index is 12.7. The summed E-state index contributed by atoms with van der Waals surface area (Å²) < 4.78 is 2.31. The molecule has 0 spiro atoms. The van der Waals surface area contributed by atoms with Gasteiger partial charge in [0.15, 0.2) is 0 Å². The number of carboxylic acids is 1. The molecule has 0 unspecified atom stereocenters. The fraction of sp³-hybridized carbons (Fsp3) is 0.455. The van der Waals surface area contributed by atoms with Gasteiger partial charge in [-0.25, -0.2) is 9.59 Å². The van der Waals surface area contributed by atoms with Crippen LogP contribution in [0, 0.1) is 18.5 Å². The predicted molar refractivity (Wildman–Crippen MR) is 140 cm³/mol. The van der Waals surface area contributed by atoms with Crippen molar-refractivity contribution in [2.24, 2.45) is 5.73 Å². The lowest BCUT2D eigenvalue weighted by atomic mass is 10.3. The largest absolute Gasteiger partial charge is 0.480 e. The Morgan fingerprint density at radius 3 is 2.03 bits per heavy atom. The molecule has 0 aliphatic heterocycles. The molecule has 0 aliphatic rings. The third-order valence-electron chi connectivity index (χ3n) is 5.46. The zero-order valence-corrected chi connectivity index (χ0v) is 22.2. The zero-order chi connectivity index (χ0) is 29.3. The lowest BCUT2D eigenvalue weighted by molar-refractivity contribution is -0.144. The Morgan fingerprint density at radius 2 is 1.46 bits per heavy atom. The normalized spacial score (nSPS) is 10.6. The number of aromatic amines is 2. The van der Waals surface area contributed by atoms with Gasteiger partial charge in [-0.2, -0.15) is 0 Å². The number of rotatable bonds is 13. The Balaban J connectivity index is 2.00. The van der Waals surface area contributed by atoms with Gasteiger partial charge in [0.2, 0.25) is 17.7 Å². The van der Waals surface area contributed by atoms with Crippen molar-refractivity contribution in [1.82, 2.24) is 34.2 Å². The van der Waals surface area contributed by atoms with Gasteiger partial charge in [-0.1, -0.05) is 12.2 Å². The van der Waals surface area contributed by atoms with Gasteiger partial charge in [-0.3, -0.25) is 43.1 Å². The van der Waals surface area contributed by atoms with Crippen molar-refractivity contribution in [2.45, 2.75) is 26.9 Å². The topological polar surface area (TPSA) is 226 Å². The highest BCUT2D eigenvalue weighted by molar-refractivity contribution is 7.71. The second-order valence-electron chi connectivity index (χ2n) is 8.56. The number of nitrogens with one attached hydrogen (secondary N) is 3. The van der Waals surface area contributed by atoms with Crippen molar-refractivity contribution in [3.05, 3.63) is 59.5 Å². The smallest absolute Gasteiger partial charge is 0.328 e. The van der Waals surface area contributed by atoms with Gasteiger partial charge in [-0.05, 0) is 13.8 Å². The maximum Gasteiger partial charge on any atom is 0.328 e. The predicted octanol–water partition coefficient (Wildman–Crippen LogP) is -3.11. The highest BCUT2D eigenvalue weighted by atomic mass is 32.1. The fourth-order valence-electron chi connectivity index (χ4n) is 3.43. The molecule has 6 N–H and O–H groups in total. The summed E-state index contributed by atoms with van der Waals surface area (Å²) in [5.74, 6) is -3.20. The monoisotopic (exact) mass is 566 g/mol. The van der Waals surface area contributed by atoms with Gasteiger partial charge in [0.1, 0.15) is 24.3 Å². The molecule has 2 aromatic rings. The third kappa shape index (κ3) is 9.15. The standard InChI is InChI=1S/C22H30N8O8S/c1-13-7-29(21(37)25-19(13)36)11-17(33)28(12-18(34)35)6-4-24-15(31)9-27(5-3-23)16(32)10-30-8-14(2)20(39)26-22(30)38/h7-8H,3-6,9-12,23H2,1-2H3,(H,24,31)(H,34,35)(H,25,36,37)(H,26,38,39). The molecule has 39 heavy (non-hydrogen) atoms. The van der Waals surface area contributed by atoms with Crippen molar-refractivity contribution in [3.63, 3.8) is 0 Å². The summed E-state index contributed by atoms with van der Waals surface area (Å²) in [7, 11) is 0. The first-order valence-corrected chi connectivity index (χ1v) is 12.1. The number of aryl methyl sites for hydroxylation is 2. The minimum atomic E-state index is -1.31. The second-order valence-corrected chi connectivity index (χ2v) is 8.97. The summed E-state index contributed by atoms with van der Waals surface area (Å²) in [4.78, 5) is 91.3. The molecule has 16 nitrogen and oxygen atoms in total. The number of carboxylic acid groups (broad SMARTS) is 1. The minimum absolute atomic E-state index is 0.0276. The van der Waals surface area contributed by atoms with Crippen molar-refractivity contribution < 1.29 is 24.3 Å². The summed E-state index contributed by atoms with van der Waals surface area (Å²) in [5.41, 5.74) is 4.31. The molecule has 0 bridgehead atoms. The molecule has 0 saturated heterocycles. The fourth-order valence-corrected chi connectivity index (χ4v) is 3.57. The van der Waals surface area contributed by atoms with Gasteiger partial charge in [0.05, 0.1) is 6.54 Å². The number of nitrogens with two attached hydrogens (primary N) is 1. The molecule has 0 atom stereocenters. The molecule has 0 fully saturated rings. The molecule has 212 valence electrons. The van der Waals surface area contributed by atoms with Crippen molar-refractivity contribution in [2.75, 3.05) is 39.3 Å². The first-order chi connectivity index (χ1) is 18.3. The van der Waals surface area contributed by atoms with Crippen LogP contribution in [0.4, 0.5) is 0 Å². The van der Waals surface area contributed by atoms with E-state index in [-0.39, 0.29) is 42.9 Å². The van der Waals surface area contributed by atoms with E-state index < -0.39 is 60.3 Å². The SMILES string of the molecule is Cc1cn(CC(=O)N(CCNC(=O)CN(CCN)C(=O)Cn2cc(C)c(=S)[nH]c2=O)CC(=O)O)c(=O)[nH]c1=O. The van der Waals surface area contributed by atoms with E-state index in [1.54, 1.807) is 6.92 Å². The van der Waals surface area contributed by atoms with E-state index in [1.807, 2.05) is 0 Å². The summed E-state index contributed by atoms with van der Waals surface area (Å²) in [6.07, 6.45) is 2.61. The Morgan fingerprint density at radius 1 is 0.923 bits per heavy atom. The molecular weight excluding hydrogens is 536 g/mol. The van der Waals surface area contributed by atoms with Crippen LogP contribution in [0.2, 0.25) is 0 Å². The quantitative estimate of drug-likeness (QED) is 0.153. The Labute approximate surface area is 226 Å². The van der Waals surface area contributed by atoms with E-state index in [9.17, 15) is 33.6 Å². The molecule has 2 aromatic heterocycles. The first kappa shape index (κ1) is 30.8. The van der Waals surface area contributed by atoms with Crippen LogP contribution in [0.3, 0.4) is 0 Å². The minimum Gasteiger partial charge on any atom is -0.480 e. The number of amides is 3. The highest BCUT2D eigenvalue weighted by Gasteiger charge is 2.20. The second kappa shape index (κ2) is 14.0. The Kier molecular flexibility index (Phi) is 11.0. The van der Waals surface area contributed by atoms with Crippen LogP contribution in [0.15, 0.2) is 26.8 Å². The summed E-state index contributed by atoms with van der Waals surface area (Å²) in [5, 5.41) is 11.7. The van der Waals surface area contributed by atoms with Crippen LogP contribution in [0.5, 0.6) is 0 Å². The average Bonchev–Trinajstić information content (AvgIpc) is 2.84. The number of H-pyrrole nitrogens is 2. The van der Waals surface area contributed by atoms with E-state index >= 15 is 0 Å². The van der Waals surface area contributed by atoms with Crippen LogP contribution < -0.4 is 28.0 Å². The number of carbonyl (C=O) groups excluding carboxylic acids is 3. The molecular formula is C22H30N8O8S. The molecule has 3 amide bonds. The van der Waals surface area contributed by atoms with Crippen LogP contribution in [-0.4, -0.2) is 97.0 Å². The molecule has 0 aliphatic carbocycles. The van der Waals surface area contributed by atoms with E-state index in [0.29, 0.717) is 5.56 Å². The van der Waals surface area contributed by atoms with Gasteiger partial charge >= 0.3 is 17.3 Å². The van der Waals surface area contributed by atoms with Crippen LogP contribution in [0.25, 0.3) is 0 Å². The van der Waals surface area contributed by atoms with Crippen LogP contribution >= 0.6 is 12.2 Å². The lowest BCUT2D eigenvalue weighted by Gasteiger charge is -2.23. The number of hydrogen-bond acceptors (Lipinski definition) is 9. The molecule has 0 radical (unpaired) electrons. The molecule has 0 saturated carbocycles. The van der Waals surface area contributed by atoms with Crippen LogP contribution in [0.1, 0.15) is 11.1 Å². The van der Waals surface area contributed by atoms with Gasteiger partial charge < -0.3 is 26.0 Å². The highest BCUT2D eigenvalue weighted by Crippen LogP contribution is 1.98. The van der Waals surface area contributed by atoms with Crippen molar-refractivity contribution in [3.8, 4) is 0 Å². The number of aliphatic carboxylic acids is 1. The summed E-state index contributed by atoms with van der Waals surface area (Å²) >= 11 is 4.99. The number of nitrogens with zero attached hydrogens (tertiary/aromatic N) is 4. The maximum atomic E-state index is 12.7. The van der Waals surface area contributed by atoms with Gasteiger partial charge in [0, 0.05) is 49.7 Å². The summed E-state index contributed by atoms with van der Waals surface area (Å²) in [6, 6.07) is 0. The third-order valence-corrected chi connectivity index (χ3v) is 5.88. The number of aromatic nitrogens is 4. The van der Waals surface area contributed by atoms with E-state index in [2.05, 4.69) is 15.3 Å². The van der Waals surface area contributed by atoms with Crippen LogP contribution in [-0.2, 0) is 32.3 Å². The van der Waals surface area contributed by atoms with Crippen molar-refractivity contribution >= 4 is 35.9 Å². The zero-order valence-electron chi connectivity index (χ0n) is 21.4. The average molecular weight is 567 g/mol. The lowest BCUT2D eigenvalue weighted by Crippen LogP contribution is -2.47. The molecule has 2 heterocycles. The van der Waals surface area contributed by atoms with E-state index in [4.69, 9.17) is 23.1 Å². The molecule has 0 aromatic carbocycles. The number of hydrogen-bond donors (Lipinski definition) is 5. The molecule has 17 heteroatoms. The van der Waals surface area contributed by atoms with E-state index in [1.165, 1.54) is 19.3 Å². The Bertz CT molecular complexity index is 1470. The van der Waals surface area contributed by atoms with Gasteiger partial charge in [-0.15, -0.1) is 0 Å². The number of carbonyl (C=O) groups is 4. The summed E-state index contributed by atoms with van der Waals surface area (Å²) in [6.45, 7) is 0.840.